The second kappa shape index (κ2) is 7.83. The number of nitrogens with one attached hydrogen (secondary N) is 1. The summed E-state index contributed by atoms with van der Waals surface area (Å²) in [5.41, 5.74) is 1.77. The van der Waals surface area contributed by atoms with Crippen molar-refractivity contribution in [2.45, 2.75) is 13.8 Å². The van der Waals surface area contributed by atoms with Gasteiger partial charge in [0.25, 0.3) is 11.8 Å². The quantitative estimate of drug-likeness (QED) is 0.735. The fourth-order valence-corrected chi connectivity index (χ4v) is 2.96. The first kappa shape index (κ1) is 17.7. The van der Waals surface area contributed by atoms with Gasteiger partial charge in [-0.15, -0.1) is 0 Å². The van der Waals surface area contributed by atoms with Crippen molar-refractivity contribution in [3.8, 4) is 0 Å². The van der Waals surface area contributed by atoms with Crippen molar-refractivity contribution in [2.24, 2.45) is 0 Å². The molecule has 0 bridgehead atoms. The maximum absolute atomic E-state index is 12.6. The summed E-state index contributed by atoms with van der Waals surface area (Å²) in [5.74, 6) is -0.222. The second-order valence-corrected chi connectivity index (χ2v) is 6.07. The minimum atomic E-state index is -0.191. The SMILES string of the molecule is CCN(CC)C(=O)c1cccc(NC(=O)c2ccc3ccccc3c2)c1. The monoisotopic (exact) mass is 346 g/mol. The van der Waals surface area contributed by atoms with Crippen LogP contribution in [0, 0.1) is 0 Å². The lowest BCUT2D eigenvalue weighted by Gasteiger charge is -2.19. The van der Waals surface area contributed by atoms with Crippen molar-refractivity contribution in [2.75, 3.05) is 18.4 Å². The Kier molecular flexibility index (Phi) is 5.32. The van der Waals surface area contributed by atoms with Gasteiger partial charge in [-0.3, -0.25) is 9.59 Å². The van der Waals surface area contributed by atoms with Gasteiger partial charge in [-0.1, -0.05) is 36.4 Å². The van der Waals surface area contributed by atoms with Crippen molar-refractivity contribution in [3.63, 3.8) is 0 Å². The third-order valence-corrected chi connectivity index (χ3v) is 4.43. The van der Waals surface area contributed by atoms with Gasteiger partial charge in [0.05, 0.1) is 0 Å². The van der Waals surface area contributed by atoms with Crippen molar-refractivity contribution < 1.29 is 9.59 Å². The summed E-state index contributed by atoms with van der Waals surface area (Å²) in [6, 6.07) is 20.6. The molecule has 0 unspecified atom stereocenters. The molecule has 2 amide bonds. The summed E-state index contributed by atoms with van der Waals surface area (Å²) < 4.78 is 0. The van der Waals surface area contributed by atoms with Crippen LogP contribution in [0.25, 0.3) is 10.8 Å². The first-order valence-electron chi connectivity index (χ1n) is 8.82. The minimum absolute atomic E-state index is 0.0307. The smallest absolute Gasteiger partial charge is 0.255 e. The Balaban J connectivity index is 1.80. The molecular weight excluding hydrogens is 324 g/mol. The summed E-state index contributed by atoms with van der Waals surface area (Å²) in [7, 11) is 0. The number of rotatable bonds is 5. The number of fused-ring (bicyclic) bond motifs is 1. The summed E-state index contributed by atoms with van der Waals surface area (Å²) in [4.78, 5) is 26.8. The lowest BCUT2D eigenvalue weighted by atomic mass is 10.1. The third-order valence-electron chi connectivity index (χ3n) is 4.43. The lowest BCUT2D eigenvalue weighted by molar-refractivity contribution is 0.0772. The number of hydrogen-bond acceptors (Lipinski definition) is 2. The molecule has 26 heavy (non-hydrogen) atoms. The molecule has 0 aliphatic rings. The maximum Gasteiger partial charge on any atom is 0.255 e. The summed E-state index contributed by atoms with van der Waals surface area (Å²) in [6.07, 6.45) is 0. The third kappa shape index (κ3) is 3.75. The van der Waals surface area contributed by atoms with Crippen LogP contribution in [0.1, 0.15) is 34.6 Å². The van der Waals surface area contributed by atoms with E-state index in [2.05, 4.69) is 5.32 Å². The van der Waals surface area contributed by atoms with Gasteiger partial charge in [-0.05, 0) is 55.0 Å². The van der Waals surface area contributed by atoms with Gasteiger partial charge >= 0.3 is 0 Å². The molecule has 0 atom stereocenters. The van der Waals surface area contributed by atoms with Gasteiger partial charge < -0.3 is 10.2 Å². The van der Waals surface area contributed by atoms with Crippen molar-refractivity contribution >= 4 is 28.3 Å². The van der Waals surface area contributed by atoms with Crippen LogP contribution >= 0.6 is 0 Å². The average Bonchev–Trinajstić information content (AvgIpc) is 2.68. The molecule has 0 aliphatic carbocycles. The molecule has 0 radical (unpaired) electrons. The van der Waals surface area contributed by atoms with E-state index in [0.717, 1.165) is 10.8 Å². The van der Waals surface area contributed by atoms with E-state index in [9.17, 15) is 9.59 Å². The zero-order chi connectivity index (χ0) is 18.5. The van der Waals surface area contributed by atoms with Gasteiger partial charge in [0.1, 0.15) is 0 Å². The number of amides is 2. The van der Waals surface area contributed by atoms with Crippen LogP contribution in [0.4, 0.5) is 5.69 Å². The first-order valence-corrected chi connectivity index (χ1v) is 8.82. The minimum Gasteiger partial charge on any atom is -0.339 e. The number of carbonyl (C=O) groups is 2. The van der Waals surface area contributed by atoms with Gasteiger partial charge in [-0.25, -0.2) is 0 Å². The van der Waals surface area contributed by atoms with E-state index < -0.39 is 0 Å². The van der Waals surface area contributed by atoms with E-state index >= 15 is 0 Å². The topological polar surface area (TPSA) is 49.4 Å². The molecule has 4 nitrogen and oxygen atoms in total. The molecule has 0 fully saturated rings. The van der Waals surface area contributed by atoms with Gasteiger partial charge in [0.15, 0.2) is 0 Å². The molecule has 4 heteroatoms. The van der Waals surface area contributed by atoms with Crippen LogP contribution < -0.4 is 5.32 Å². The van der Waals surface area contributed by atoms with Gasteiger partial charge in [0.2, 0.25) is 0 Å². The van der Waals surface area contributed by atoms with Crippen LogP contribution in [0.5, 0.6) is 0 Å². The van der Waals surface area contributed by atoms with E-state index in [-0.39, 0.29) is 11.8 Å². The largest absolute Gasteiger partial charge is 0.339 e. The first-order chi connectivity index (χ1) is 12.6. The fourth-order valence-electron chi connectivity index (χ4n) is 2.96. The Morgan fingerprint density at radius 2 is 1.54 bits per heavy atom. The molecule has 3 aromatic carbocycles. The van der Waals surface area contributed by atoms with Crippen LogP contribution in [-0.4, -0.2) is 29.8 Å². The standard InChI is InChI=1S/C22H22N2O2/c1-3-24(4-2)22(26)19-10-7-11-20(15-19)23-21(25)18-13-12-16-8-5-6-9-17(16)14-18/h5-15H,3-4H2,1-2H3,(H,23,25). The van der Waals surface area contributed by atoms with Crippen molar-refractivity contribution in [3.05, 3.63) is 77.9 Å². The molecule has 0 aromatic heterocycles. The molecule has 0 spiro atoms. The van der Waals surface area contributed by atoms with E-state index in [0.29, 0.717) is 29.9 Å². The van der Waals surface area contributed by atoms with E-state index in [1.807, 2.05) is 56.3 Å². The molecule has 3 aromatic rings. The molecule has 1 N–H and O–H groups in total. The molecule has 3 rings (SSSR count). The lowest BCUT2D eigenvalue weighted by Crippen LogP contribution is -2.30. The molecule has 0 saturated carbocycles. The van der Waals surface area contributed by atoms with Gasteiger partial charge in [0, 0.05) is 29.9 Å². The Labute approximate surface area is 153 Å². The Morgan fingerprint density at radius 1 is 0.808 bits per heavy atom. The summed E-state index contributed by atoms with van der Waals surface area (Å²) in [6.45, 7) is 5.21. The van der Waals surface area contributed by atoms with Crippen molar-refractivity contribution in [1.82, 2.24) is 4.90 Å². The number of hydrogen-bond donors (Lipinski definition) is 1. The predicted octanol–water partition coefficient (Wildman–Crippen LogP) is 4.57. The van der Waals surface area contributed by atoms with Crippen LogP contribution in [0.3, 0.4) is 0 Å². The molecule has 132 valence electrons. The maximum atomic E-state index is 12.6. The highest BCUT2D eigenvalue weighted by atomic mass is 16.2. The number of carbonyl (C=O) groups excluding carboxylic acids is 2. The highest BCUT2D eigenvalue weighted by Gasteiger charge is 2.13. The zero-order valence-corrected chi connectivity index (χ0v) is 15.0. The van der Waals surface area contributed by atoms with Crippen LogP contribution in [0.15, 0.2) is 66.7 Å². The average molecular weight is 346 g/mol. The second-order valence-electron chi connectivity index (χ2n) is 6.07. The summed E-state index contributed by atoms with van der Waals surface area (Å²) in [5, 5.41) is 5.00. The molecular formula is C22H22N2O2. The Morgan fingerprint density at radius 3 is 2.27 bits per heavy atom. The predicted molar refractivity (Wildman–Crippen MR) is 106 cm³/mol. The molecule has 0 aliphatic heterocycles. The fraction of sp³-hybridized carbons (Fsp3) is 0.182. The highest BCUT2D eigenvalue weighted by molar-refractivity contribution is 6.07. The highest BCUT2D eigenvalue weighted by Crippen LogP contribution is 2.18. The van der Waals surface area contributed by atoms with Crippen LogP contribution in [-0.2, 0) is 0 Å². The normalized spacial score (nSPS) is 10.5. The van der Waals surface area contributed by atoms with E-state index in [1.54, 1.807) is 29.2 Å². The molecule has 0 heterocycles. The Hall–Kier alpha value is -3.14. The number of nitrogens with zero attached hydrogens (tertiary/aromatic N) is 1. The number of anilines is 1. The van der Waals surface area contributed by atoms with E-state index in [1.165, 1.54) is 0 Å². The zero-order valence-electron chi connectivity index (χ0n) is 15.0. The van der Waals surface area contributed by atoms with E-state index in [4.69, 9.17) is 0 Å². The molecule has 0 saturated heterocycles. The number of benzene rings is 3. The van der Waals surface area contributed by atoms with Crippen molar-refractivity contribution in [1.29, 1.82) is 0 Å². The summed E-state index contributed by atoms with van der Waals surface area (Å²) >= 11 is 0. The van der Waals surface area contributed by atoms with Gasteiger partial charge in [-0.2, -0.15) is 0 Å². The van der Waals surface area contributed by atoms with Crippen LogP contribution in [0.2, 0.25) is 0 Å². The Bertz CT molecular complexity index is 946.